The van der Waals surface area contributed by atoms with Gasteiger partial charge in [0.2, 0.25) is 0 Å². The minimum absolute atomic E-state index is 0.129. The highest BCUT2D eigenvalue weighted by Crippen LogP contribution is 2.27. The van der Waals surface area contributed by atoms with Crippen LogP contribution in [0, 0.1) is 0 Å². The maximum atomic E-state index is 12.3. The molecule has 24 heavy (non-hydrogen) atoms. The summed E-state index contributed by atoms with van der Waals surface area (Å²) in [7, 11) is 0. The van der Waals surface area contributed by atoms with E-state index in [9.17, 15) is 4.79 Å². The van der Waals surface area contributed by atoms with Crippen molar-refractivity contribution in [1.82, 2.24) is 15.0 Å². The molecule has 0 N–H and O–H groups in total. The predicted molar refractivity (Wildman–Crippen MR) is 88.5 cm³/mol. The van der Waals surface area contributed by atoms with E-state index < -0.39 is 5.97 Å². The van der Waals surface area contributed by atoms with Crippen LogP contribution in [0.3, 0.4) is 0 Å². The number of hydrogen-bond donors (Lipinski definition) is 0. The van der Waals surface area contributed by atoms with Crippen molar-refractivity contribution in [3.63, 3.8) is 0 Å². The van der Waals surface area contributed by atoms with Gasteiger partial charge in [-0.2, -0.15) is 9.90 Å². The quantitative estimate of drug-likeness (QED) is 0.514. The number of nitrogens with zero attached hydrogens (tertiary/aromatic N) is 3. The number of hydrogen-bond acceptors (Lipinski definition) is 5. The van der Waals surface area contributed by atoms with E-state index in [1.54, 1.807) is 18.2 Å². The van der Waals surface area contributed by atoms with Gasteiger partial charge >= 0.3 is 5.97 Å². The second-order valence-corrected chi connectivity index (χ2v) is 5.04. The monoisotopic (exact) mass is 323 g/mol. The first kappa shape index (κ1) is 15.7. The van der Waals surface area contributed by atoms with Gasteiger partial charge in [-0.05, 0) is 30.7 Å². The molecular weight excluding hydrogens is 306 g/mol. The van der Waals surface area contributed by atoms with Gasteiger partial charge in [-0.1, -0.05) is 37.3 Å². The third kappa shape index (κ3) is 3.60. The number of carbonyl (C=O) groups excluding carboxylic acids is 1. The maximum absolute atomic E-state index is 12.3. The Morgan fingerprint density at radius 1 is 1.04 bits per heavy atom. The molecule has 0 aliphatic heterocycles. The Hall–Kier alpha value is -3.15. The van der Waals surface area contributed by atoms with E-state index in [-0.39, 0.29) is 5.69 Å². The zero-order valence-electron chi connectivity index (χ0n) is 13.3. The molecule has 0 amide bonds. The van der Waals surface area contributed by atoms with Crippen LogP contribution < -0.4 is 9.47 Å². The van der Waals surface area contributed by atoms with Crippen molar-refractivity contribution in [1.29, 1.82) is 0 Å². The smallest absolute Gasteiger partial charge is 0.366 e. The standard InChI is InChI=1S/C18H17N3O3/c1-2-12-23-16-10-6-7-11-17(16)24-18(22)15-13-19-21(20-15)14-8-4-3-5-9-14/h3-11,13H,2,12H2,1H3. The van der Waals surface area contributed by atoms with Crippen molar-refractivity contribution in [3.05, 3.63) is 66.5 Å². The Labute approximate surface area is 139 Å². The van der Waals surface area contributed by atoms with Crippen molar-refractivity contribution in [2.45, 2.75) is 13.3 Å². The average Bonchev–Trinajstić information content (AvgIpc) is 3.12. The van der Waals surface area contributed by atoms with Crippen LogP contribution in [0.15, 0.2) is 60.8 Å². The molecule has 3 aromatic rings. The summed E-state index contributed by atoms with van der Waals surface area (Å²) in [6.07, 6.45) is 2.25. The van der Waals surface area contributed by atoms with Crippen LogP contribution in [0.1, 0.15) is 23.8 Å². The molecule has 0 atom stereocenters. The molecule has 0 saturated heterocycles. The molecule has 0 unspecified atom stereocenters. The third-order valence-electron chi connectivity index (χ3n) is 3.20. The number of para-hydroxylation sites is 3. The Morgan fingerprint density at radius 3 is 2.50 bits per heavy atom. The van der Waals surface area contributed by atoms with E-state index in [0.29, 0.717) is 18.1 Å². The van der Waals surface area contributed by atoms with Gasteiger partial charge in [-0.3, -0.25) is 0 Å². The summed E-state index contributed by atoms with van der Waals surface area (Å²) in [4.78, 5) is 13.7. The fourth-order valence-corrected chi connectivity index (χ4v) is 2.06. The second kappa shape index (κ2) is 7.41. The summed E-state index contributed by atoms with van der Waals surface area (Å²) in [5.74, 6) is 0.318. The second-order valence-electron chi connectivity index (χ2n) is 5.04. The molecule has 0 bridgehead atoms. The van der Waals surface area contributed by atoms with Crippen molar-refractivity contribution in [2.75, 3.05) is 6.61 Å². The van der Waals surface area contributed by atoms with E-state index in [2.05, 4.69) is 10.2 Å². The lowest BCUT2D eigenvalue weighted by molar-refractivity contribution is 0.0721. The summed E-state index contributed by atoms with van der Waals surface area (Å²) in [6.45, 7) is 2.56. The van der Waals surface area contributed by atoms with E-state index >= 15 is 0 Å². The molecule has 0 radical (unpaired) electrons. The van der Waals surface area contributed by atoms with Crippen LogP contribution >= 0.6 is 0 Å². The average molecular weight is 323 g/mol. The molecule has 0 aliphatic rings. The molecule has 6 heteroatoms. The summed E-state index contributed by atoms with van der Waals surface area (Å²) >= 11 is 0. The lowest BCUT2D eigenvalue weighted by Gasteiger charge is -2.09. The van der Waals surface area contributed by atoms with Crippen molar-refractivity contribution < 1.29 is 14.3 Å². The number of aromatic nitrogens is 3. The zero-order valence-corrected chi connectivity index (χ0v) is 13.3. The normalized spacial score (nSPS) is 10.4. The molecule has 0 aliphatic carbocycles. The molecule has 6 nitrogen and oxygen atoms in total. The van der Waals surface area contributed by atoms with Crippen LogP contribution in [0.25, 0.3) is 5.69 Å². The van der Waals surface area contributed by atoms with E-state index in [0.717, 1.165) is 12.1 Å². The van der Waals surface area contributed by atoms with Crippen LogP contribution in [-0.2, 0) is 0 Å². The highest BCUT2D eigenvalue weighted by atomic mass is 16.6. The Kier molecular flexibility index (Phi) is 4.86. The highest BCUT2D eigenvalue weighted by Gasteiger charge is 2.16. The van der Waals surface area contributed by atoms with E-state index in [4.69, 9.17) is 9.47 Å². The molecule has 0 spiro atoms. The molecule has 1 aromatic heterocycles. The van der Waals surface area contributed by atoms with Crippen LogP contribution in [0.4, 0.5) is 0 Å². The Morgan fingerprint density at radius 2 is 1.75 bits per heavy atom. The summed E-state index contributed by atoms with van der Waals surface area (Å²) in [5, 5.41) is 8.25. The lowest BCUT2D eigenvalue weighted by atomic mass is 10.3. The number of ether oxygens (including phenoxy) is 2. The van der Waals surface area contributed by atoms with Crippen molar-refractivity contribution >= 4 is 5.97 Å². The summed E-state index contributed by atoms with van der Waals surface area (Å²) < 4.78 is 11.0. The first-order chi connectivity index (χ1) is 11.8. The Balaban J connectivity index is 1.75. The van der Waals surface area contributed by atoms with Gasteiger partial charge in [0.05, 0.1) is 18.5 Å². The van der Waals surface area contributed by atoms with E-state index in [1.165, 1.54) is 11.0 Å². The van der Waals surface area contributed by atoms with Gasteiger partial charge in [0.1, 0.15) is 0 Å². The molecule has 122 valence electrons. The number of rotatable bonds is 6. The number of carbonyl (C=O) groups is 1. The third-order valence-corrected chi connectivity index (χ3v) is 3.20. The molecule has 2 aromatic carbocycles. The van der Waals surface area contributed by atoms with Crippen LogP contribution in [0.5, 0.6) is 11.5 Å². The molecule has 3 rings (SSSR count). The molecule has 0 saturated carbocycles. The maximum Gasteiger partial charge on any atom is 0.366 e. The van der Waals surface area contributed by atoms with Crippen molar-refractivity contribution in [3.8, 4) is 17.2 Å². The highest BCUT2D eigenvalue weighted by molar-refractivity contribution is 5.88. The number of benzene rings is 2. The molecule has 0 fully saturated rings. The van der Waals surface area contributed by atoms with Gasteiger partial charge in [0, 0.05) is 0 Å². The van der Waals surface area contributed by atoms with Gasteiger partial charge < -0.3 is 9.47 Å². The van der Waals surface area contributed by atoms with E-state index in [1.807, 2.05) is 43.3 Å². The van der Waals surface area contributed by atoms with Gasteiger partial charge in [0.15, 0.2) is 17.2 Å². The SMILES string of the molecule is CCCOc1ccccc1OC(=O)c1cnn(-c2ccccc2)n1. The van der Waals surface area contributed by atoms with Gasteiger partial charge in [0.25, 0.3) is 0 Å². The minimum atomic E-state index is -0.579. The molecule has 1 heterocycles. The van der Waals surface area contributed by atoms with Crippen LogP contribution in [0.2, 0.25) is 0 Å². The van der Waals surface area contributed by atoms with Gasteiger partial charge in [-0.25, -0.2) is 4.79 Å². The van der Waals surface area contributed by atoms with Gasteiger partial charge in [-0.15, -0.1) is 5.10 Å². The largest absolute Gasteiger partial charge is 0.490 e. The van der Waals surface area contributed by atoms with Crippen molar-refractivity contribution in [2.24, 2.45) is 0 Å². The zero-order chi connectivity index (χ0) is 16.8. The summed E-state index contributed by atoms with van der Waals surface area (Å²) in [6, 6.07) is 16.4. The summed E-state index contributed by atoms with van der Waals surface area (Å²) in [5.41, 5.74) is 0.896. The topological polar surface area (TPSA) is 66.2 Å². The minimum Gasteiger partial charge on any atom is -0.490 e. The first-order valence-corrected chi connectivity index (χ1v) is 7.69. The molecular formula is C18H17N3O3. The van der Waals surface area contributed by atoms with Crippen LogP contribution in [-0.4, -0.2) is 27.6 Å². The first-order valence-electron chi connectivity index (χ1n) is 7.69. The lowest BCUT2D eigenvalue weighted by Crippen LogP contribution is -2.11. The number of esters is 1. The Bertz CT molecular complexity index is 815. The fourth-order valence-electron chi connectivity index (χ4n) is 2.06. The fraction of sp³-hybridized carbons (Fsp3) is 0.167. The predicted octanol–water partition coefficient (Wildman–Crippen LogP) is 3.28.